The molecule has 164 valence electrons. The second-order valence-electron chi connectivity index (χ2n) is 7.39. The second kappa shape index (κ2) is 8.58. The molecule has 0 atom stereocenters. The van der Waals surface area contributed by atoms with E-state index in [0.29, 0.717) is 17.4 Å². The van der Waals surface area contributed by atoms with E-state index in [2.05, 4.69) is 4.90 Å². The summed E-state index contributed by atoms with van der Waals surface area (Å²) in [6.45, 7) is 1.82. The molecule has 32 heavy (non-hydrogen) atoms. The number of hydrogen-bond donors (Lipinski definition) is 1. The lowest BCUT2D eigenvalue weighted by Gasteiger charge is -2.26. The average molecular weight is 449 g/mol. The van der Waals surface area contributed by atoms with Gasteiger partial charge in [-0.05, 0) is 48.5 Å². The van der Waals surface area contributed by atoms with E-state index in [9.17, 15) is 0 Å². The van der Waals surface area contributed by atoms with Crippen molar-refractivity contribution in [1.82, 2.24) is 19.7 Å². The van der Waals surface area contributed by atoms with Crippen molar-refractivity contribution in [3.8, 4) is 28.4 Å². The van der Waals surface area contributed by atoms with E-state index in [1.165, 1.54) is 0 Å². The number of methoxy groups -OCH3 is 2. The highest BCUT2D eigenvalue weighted by molar-refractivity contribution is 7.99. The summed E-state index contributed by atoms with van der Waals surface area (Å²) in [5, 5.41) is 5.49. The maximum atomic E-state index is 6.61. The number of aromatic nitrogens is 4. The molecule has 0 bridgehead atoms. The zero-order valence-electron chi connectivity index (χ0n) is 18.0. The fraction of sp³-hybridized carbons (Fsp3) is 0.261. The largest absolute Gasteiger partial charge is 0.497 e. The topological polar surface area (TPSA) is 91.3 Å². The summed E-state index contributed by atoms with van der Waals surface area (Å²) in [4.78, 5) is 12.0. The minimum atomic E-state index is 0.497. The van der Waals surface area contributed by atoms with Crippen LogP contribution >= 0.6 is 11.8 Å². The highest BCUT2D eigenvalue weighted by Gasteiger charge is 2.22. The number of nitrogen functional groups attached to an aromatic ring is 1. The van der Waals surface area contributed by atoms with Gasteiger partial charge in [0.25, 0.3) is 0 Å². The number of benzene rings is 2. The minimum Gasteiger partial charge on any atom is -0.497 e. The quantitative estimate of drug-likeness (QED) is 0.495. The Morgan fingerprint density at radius 2 is 1.50 bits per heavy atom. The summed E-state index contributed by atoms with van der Waals surface area (Å²) in [5.74, 6) is 4.85. The van der Waals surface area contributed by atoms with Gasteiger partial charge in [-0.2, -0.15) is 16.7 Å². The molecule has 0 aliphatic carbocycles. The lowest BCUT2D eigenvalue weighted by molar-refractivity contribution is 0.414. The second-order valence-corrected chi connectivity index (χ2v) is 8.62. The van der Waals surface area contributed by atoms with Crippen LogP contribution < -0.4 is 20.1 Å². The minimum absolute atomic E-state index is 0.497. The fourth-order valence-corrected chi connectivity index (χ4v) is 4.69. The molecule has 1 fully saturated rings. The molecule has 2 aromatic carbocycles. The number of rotatable bonds is 5. The Kier molecular flexibility index (Phi) is 5.48. The Bertz CT molecular complexity index is 1230. The van der Waals surface area contributed by atoms with Crippen molar-refractivity contribution < 1.29 is 9.47 Å². The lowest BCUT2D eigenvalue weighted by Crippen LogP contribution is -2.33. The van der Waals surface area contributed by atoms with Gasteiger partial charge in [0.1, 0.15) is 17.3 Å². The van der Waals surface area contributed by atoms with Crippen LogP contribution in [0.1, 0.15) is 0 Å². The van der Waals surface area contributed by atoms with Crippen molar-refractivity contribution >= 4 is 34.6 Å². The summed E-state index contributed by atoms with van der Waals surface area (Å²) < 4.78 is 12.3. The number of thioether (sulfide) groups is 1. The Morgan fingerprint density at radius 3 is 2.12 bits per heavy atom. The van der Waals surface area contributed by atoms with Gasteiger partial charge in [0.15, 0.2) is 5.65 Å². The Balaban J connectivity index is 1.69. The Morgan fingerprint density at radius 1 is 0.875 bits per heavy atom. The van der Waals surface area contributed by atoms with Crippen molar-refractivity contribution in [3.05, 3.63) is 48.5 Å². The van der Waals surface area contributed by atoms with Crippen LogP contribution in [0.3, 0.4) is 0 Å². The van der Waals surface area contributed by atoms with Crippen LogP contribution in [0.5, 0.6) is 11.5 Å². The van der Waals surface area contributed by atoms with Crippen LogP contribution in [0.4, 0.5) is 11.8 Å². The Labute approximate surface area is 190 Å². The molecule has 5 rings (SSSR count). The normalized spacial score (nSPS) is 14.0. The summed E-state index contributed by atoms with van der Waals surface area (Å²) in [6.07, 6.45) is 0. The van der Waals surface area contributed by atoms with E-state index in [4.69, 9.17) is 30.3 Å². The zero-order chi connectivity index (χ0) is 22.1. The predicted molar refractivity (Wildman–Crippen MR) is 129 cm³/mol. The smallest absolute Gasteiger partial charge is 0.228 e. The monoisotopic (exact) mass is 448 g/mol. The maximum Gasteiger partial charge on any atom is 0.228 e. The van der Waals surface area contributed by atoms with Gasteiger partial charge >= 0.3 is 0 Å². The first-order valence-electron chi connectivity index (χ1n) is 10.4. The molecule has 0 spiro atoms. The van der Waals surface area contributed by atoms with Crippen molar-refractivity contribution in [2.75, 3.05) is 49.4 Å². The molecule has 3 heterocycles. The third kappa shape index (κ3) is 3.69. The summed E-state index contributed by atoms with van der Waals surface area (Å²) in [6, 6.07) is 15.4. The summed E-state index contributed by atoms with van der Waals surface area (Å²) in [5.41, 5.74) is 9.72. The van der Waals surface area contributed by atoms with Crippen LogP contribution in [0, 0.1) is 0 Å². The van der Waals surface area contributed by atoms with Crippen LogP contribution in [-0.4, -0.2) is 58.6 Å². The van der Waals surface area contributed by atoms with Crippen molar-refractivity contribution in [1.29, 1.82) is 0 Å². The standard InChI is InChI=1S/C23H24N6O2S/c1-30-17-7-3-15(4-8-17)20-19-21(24)29(16-5-9-18(31-2)10-6-16)27-22(19)26-23(25-20)28-11-13-32-14-12-28/h3-10H,11-14,24H2,1-2H3. The Hall–Kier alpha value is -3.46. The van der Waals surface area contributed by atoms with Gasteiger partial charge in [-0.3, -0.25) is 0 Å². The summed E-state index contributed by atoms with van der Waals surface area (Å²) in [7, 11) is 3.30. The molecular formula is C23H24N6O2S. The molecule has 0 unspecified atom stereocenters. The molecule has 1 aliphatic heterocycles. The number of anilines is 2. The SMILES string of the molecule is COc1ccc(-c2nc(N3CCSCC3)nc3nn(-c4ccc(OC)cc4)c(N)c23)cc1. The zero-order valence-corrected chi connectivity index (χ0v) is 18.8. The highest BCUT2D eigenvalue weighted by Crippen LogP contribution is 2.34. The van der Waals surface area contributed by atoms with Gasteiger partial charge < -0.3 is 20.1 Å². The average Bonchev–Trinajstić information content (AvgIpc) is 3.20. The van der Waals surface area contributed by atoms with E-state index in [0.717, 1.165) is 58.4 Å². The highest BCUT2D eigenvalue weighted by atomic mass is 32.2. The van der Waals surface area contributed by atoms with Crippen molar-refractivity contribution in [3.63, 3.8) is 0 Å². The predicted octanol–water partition coefficient (Wildman–Crippen LogP) is 3.64. The molecular weight excluding hydrogens is 424 g/mol. The third-order valence-corrected chi connectivity index (χ3v) is 6.47. The van der Waals surface area contributed by atoms with E-state index >= 15 is 0 Å². The molecule has 9 heteroatoms. The van der Waals surface area contributed by atoms with Gasteiger partial charge in [-0.1, -0.05) is 0 Å². The molecule has 1 aliphatic rings. The molecule has 8 nitrogen and oxygen atoms in total. The van der Waals surface area contributed by atoms with E-state index < -0.39 is 0 Å². The van der Waals surface area contributed by atoms with Crippen LogP contribution in [0.15, 0.2) is 48.5 Å². The van der Waals surface area contributed by atoms with Crippen LogP contribution in [0.2, 0.25) is 0 Å². The van der Waals surface area contributed by atoms with E-state index in [1.54, 1.807) is 18.9 Å². The molecule has 2 aromatic heterocycles. The first-order chi connectivity index (χ1) is 15.7. The first-order valence-corrected chi connectivity index (χ1v) is 11.5. The molecule has 1 saturated heterocycles. The fourth-order valence-electron chi connectivity index (χ4n) is 3.78. The third-order valence-electron chi connectivity index (χ3n) is 5.53. The molecule has 0 saturated carbocycles. The number of ether oxygens (including phenoxy) is 2. The van der Waals surface area contributed by atoms with Gasteiger partial charge in [0.2, 0.25) is 5.95 Å². The first kappa shape index (κ1) is 20.4. The van der Waals surface area contributed by atoms with Crippen LogP contribution in [0.25, 0.3) is 28.0 Å². The number of nitrogens with zero attached hydrogens (tertiary/aromatic N) is 5. The summed E-state index contributed by atoms with van der Waals surface area (Å²) >= 11 is 1.95. The lowest BCUT2D eigenvalue weighted by atomic mass is 10.1. The van der Waals surface area contributed by atoms with E-state index in [1.807, 2.05) is 60.3 Å². The van der Waals surface area contributed by atoms with Gasteiger partial charge in [-0.15, -0.1) is 5.10 Å². The van der Waals surface area contributed by atoms with Gasteiger partial charge in [0, 0.05) is 30.2 Å². The van der Waals surface area contributed by atoms with E-state index in [-0.39, 0.29) is 0 Å². The van der Waals surface area contributed by atoms with Crippen molar-refractivity contribution in [2.24, 2.45) is 0 Å². The molecule has 4 aromatic rings. The molecule has 0 radical (unpaired) electrons. The number of hydrogen-bond acceptors (Lipinski definition) is 8. The molecule has 0 amide bonds. The van der Waals surface area contributed by atoms with Gasteiger partial charge in [-0.25, -0.2) is 9.67 Å². The maximum absolute atomic E-state index is 6.61. The van der Waals surface area contributed by atoms with Gasteiger partial charge in [0.05, 0.1) is 31.0 Å². The van der Waals surface area contributed by atoms with Crippen LogP contribution in [-0.2, 0) is 0 Å². The number of fused-ring (bicyclic) bond motifs is 1. The molecule has 2 N–H and O–H groups in total. The van der Waals surface area contributed by atoms with Crippen molar-refractivity contribution in [2.45, 2.75) is 0 Å². The number of nitrogens with two attached hydrogens (primary N) is 1.